The smallest absolute Gasteiger partial charge is 0.222 e. The minimum atomic E-state index is -0.0540. The van der Waals surface area contributed by atoms with Crippen LogP contribution in [0.1, 0.15) is 30.5 Å². The van der Waals surface area contributed by atoms with E-state index in [0.717, 1.165) is 16.8 Å². The Hall–Kier alpha value is -2.96. The summed E-state index contributed by atoms with van der Waals surface area (Å²) in [6.07, 6.45) is 7.27. The van der Waals surface area contributed by atoms with Gasteiger partial charge in [-0.2, -0.15) is 10.2 Å². The summed E-state index contributed by atoms with van der Waals surface area (Å²) in [7, 11) is 0. The first-order chi connectivity index (χ1) is 11.6. The van der Waals surface area contributed by atoms with Gasteiger partial charge in [0.05, 0.1) is 17.9 Å². The number of hydrogen-bond donors (Lipinski definition) is 1. The van der Waals surface area contributed by atoms with Gasteiger partial charge in [-0.05, 0) is 37.1 Å². The number of nitrogens with zero attached hydrogens (tertiary/aromatic N) is 5. The second-order valence-corrected chi connectivity index (χ2v) is 5.75. The Morgan fingerprint density at radius 3 is 2.67 bits per heavy atom. The van der Waals surface area contributed by atoms with Crippen molar-refractivity contribution in [2.75, 3.05) is 0 Å². The molecule has 1 atom stereocenters. The third kappa shape index (κ3) is 3.87. The van der Waals surface area contributed by atoms with E-state index in [0.29, 0.717) is 13.0 Å². The zero-order valence-corrected chi connectivity index (χ0v) is 13.8. The summed E-state index contributed by atoms with van der Waals surface area (Å²) in [5.41, 5.74) is 3.07. The molecule has 0 unspecified atom stereocenters. The lowest BCUT2D eigenvalue weighted by atomic mass is 10.1. The van der Waals surface area contributed by atoms with E-state index < -0.39 is 0 Å². The van der Waals surface area contributed by atoms with E-state index in [9.17, 15) is 4.79 Å². The fraction of sp³-hybridized carbons (Fsp3) is 0.294. The highest BCUT2D eigenvalue weighted by atomic mass is 16.1. The Kier molecular flexibility index (Phi) is 4.69. The van der Waals surface area contributed by atoms with Crippen LogP contribution in [0.4, 0.5) is 0 Å². The van der Waals surface area contributed by atoms with Gasteiger partial charge in [0.15, 0.2) is 0 Å². The highest BCUT2D eigenvalue weighted by Crippen LogP contribution is 2.15. The molecule has 7 nitrogen and oxygen atoms in total. The molecule has 1 N–H and O–H groups in total. The first-order valence-corrected chi connectivity index (χ1v) is 7.85. The number of nitrogens with one attached hydrogen (secondary N) is 1. The molecule has 3 rings (SSSR count). The van der Waals surface area contributed by atoms with Crippen LogP contribution in [0.15, 0.2) is 49.3 Å². The zero-order chi connectivity index (χ0) is 16.9. The van der Waals surface area contributed by atoms with Gasteiger partial charge in [0.2, 0.25) is 5.91 Å². The van der Waals surface area contributed by atoms with Gasteiger partial charge < -0.3 is 5.32 Å². The van der Waals surface area contributed by atoms with Gasteiger partial charge in [0, 0.05) is 19.2 Å². The number of benzene rings is 1. The van der Waals surface area contributed by atoms with Crippen molar-refractivity contribution >= 4 is 5.91 Å². The molecular weight excluding hydrogens is 304 g/mol. The Morgan fingerprint density at radius 2 is 2.04 bits per heavy atom. The second kappa shape index (κ2) is 7.08. The van der Waals surface area contributed by atoms with Crippen LogP contribution in [-0.4, -0.2) is 30.5 Å². The molecule has 2 aromatic heterocycles. The van der Waals surface area contributed by atoms with E-state index in [1.807, 2.05) is 44.3 Å². The van der Waals surface area contributed by atoms with Crippen LogP contribution in [0.3, 0.4) is 0 Å². The van der Waals surface area contributed by atoms with E-state index in [4.69, 9.17) is 0 Å². The van der Waals surface area contributed by atoms with Crippen molar-refractivity contribution in [3.63, 3.8) is 0 Å². The van der Waals surface area contributed by atoms with Gasteiger partial charge in [0.1, 0.15) is 12.7 Å². The van der Waals surface area contributed by atoms with Crippen molar-refractivity contribution in [1.29, 1.82) is 0 Å². The maximum absolute atomic E-state index is 12.1. The second-order valence-electron chi connectivity index (χ2n) is 5.75. The van der Waals surface area contributed by atoms with E-state index in [1.54, 1.807) is 21.9 Å². The van der Waals surface area contributed by atoms with Crippen molar-refractivity contribution in [2.24, 2.45) is 0 Å². The Balaban J connectivity index is 1.54. The van der Waals surface area contributed by atoms with Crippen molar-refractivity contribution in [3.8, 4) is 5.69 Å². The summed E-state index contributed by atoms with van der Waals surface area (Å²) in [5.74, 6) is 0.0102. The van der Waals surface area contributed by atoms with Crippen LogP contribution in [0, 0.1) is 6.92 Å². The van der Waals surface area contributed by atoms with E-state index in [1.165, 1.54) is 6.33 Å². The normalized spacial score (nSPS) is 12.1. The van der Waals surface area contributed by atoms with Gasteiger partial charge in [-0.25, -0.2) is 9.67 Å². The fourth-order valence-electron chi connectivity index (χ4n) is 2.46. The third-order valence-electron chi connectivity index (χ3n) is 3.78. The zero-order valence-electron chi connectivity index (χ0n) is 13.8. The molecule has 0 saturated heterocycles. The third-order valence-corrected chi connectivity index (χ3v) is 3.78. The van der Waals surface area contributed by atoms with Crippen LogP contribution < -0.4 is 5.32 Å². The maximum atomic E-state index is 12.1. The summed E-state index contributed by atoms with van der Waals surface area (Å²) in [5, 5.41) is 11.3. The summed E-state index contributed by atoms with van der Waals surface area (Å²) >= 11 is 0. The van der Waals surface area contributed by atoms with Crippen molar-refractivity contribution < 1.29 is 4.79 Å². The lowest BCUT2D eigenvalue weighted by Crippen LogP contribution is -2.27. The minimum Gasteiger partial charge on any atom is -0.350 e. The van der Waals surface area contributed by atoms with Gasteiger partial charge in [-0.3, -0.25) is 9.48 Å². The summed E-state index contributed by atoms with van der Waals surface area (Å²) < 4.78 is 3.48. The molecule has 1 aromatic carbocycles. The Bertz CT molecular complexity index is 791. The fourth-order valence-corrected chi connectivity index (χ4v) is 2.46. The number of amides is 1. The SMILES string of the molecule is Cc1cnn(CCC(=O)N[C@H](C)c2ccc(-n3cncn3)cc2)c1. The summed E-state index contributed by atoms with van der Waals surface area (Å²) in [6, 6.07) is 7.83. The number of aryl methyl sites for hydroxylation is 2. The predicted octanol–water partition coefficient (Wildman–Crippen LogP) is 2.04. The number of carbonyl (C=O) groups excluding carboxylic acids is 1. The molecule has 124 valence electrons. The monoisotopic (exact) mass is 324 g/mol. The molecule has 0 aliphatic carbocycles. The molecule has 0 aliphatic heterocycles. The molecule has 0 aliphatic rings. The Labute approximate surface area is 140 Å². The van der Waals surface area contributed by atoms with Crippen molar-refractivity contribution in [1.82, 2.24) is 29.9 Å². The maximum Gasteiger partial charge on any atom is 0.222 e. The molecule has 0 fully saturated rings. The summed E-state index contributed by atoms with van der Waals surface area (Å²) in [4.78, 5) is 16.0. The average Bonchev–Trinajstić information content (AvgIpc) is 3.25. The van der Waals surface area contributed by atoms with Crippen LogP contribution >= 0.6 is 0 Å². The number of hydrogen-bond acceptors (Lipinski definition) is 4. The molecule has 7 heteroatoms. The van der Waals surface area contributed by atoms with Gasteiger partial charge in [0.25, 0.3) is 0 Å². The van der Waals surface area contributed by atoms with Crippen LogP contribution in [0.25, 0.3) is 5.69 Å². The van der Waals surface area contributed by atoms with Crippen LogP contribution in [0.2, 0.25) is 0 Å². The largest absolute Gasteiger partial charge is 0.350 e. The molecule has 0 saturated carbocycles. The lowest BCUT2D eigenvalue weighted by molar-refractivity contribution is -0.122. The highest BCUT2D eigenvalue weighted by molar-refractivity contribution is 5.76. The topological polar surface area (TPSA) is 77.6 Å². The molecular formula is C17H20N6O. The Morgan fingerprint density at radius 1 is 1.25 bits per heavy atom. The lowest BCUT2D eigenvalue weighted by Gasteiger charge is -2.15. The van der Waals surface area contributed by atoms with Crippen LogP contribution in [0.5, 0.6) is 0 Å². The molecule has 2 heterocycles. The number of rotatable bonds is 6. The molecule has 0 radical (unpaired) electrons. The van der Waals surface area contributed by atoms with Crippen LogP contribution in [-0.2, 0) is 11.3 Å². The van der Waals surface area contributed by atoms with E-state index in [2.05, 4.69) is 20.5 Å². The van der Waals surface area contributed by atoms with Gasteiger partial charge in [-0.15, -0.1) is 0 Å². The molecule has 3 aromatic rings. The molecule has 0 spiro atoms. The minimum absolute atomic E-state index is 0.0102. The first kappa shape index (κ1) is 15.9. The molecule has 1 amide bonds. The number of aromatic nitrogens is 5. The quantitative estimate of drug-likeness (QED) is 0.753. The summed E-state index contributed by atoms with van der Waals surface area (Å²) in [6.45, 7) is 4.53. The van der Waals surface area contributed by atoms with Crippen molar-refractivity contribution in [3.05, 3.63) is 60.4 Å². The average molecular weight is 324 g/mol. The molecule has 0 bridgehead atoms. The van der Waals surface area contributed by atoms with Gasteiger partial charge in [-0.1, -0.05) is 12.1 Å². The van der Waals surface area contributed by atoms with E-state index in [-0.39, 0.29) is 11.9 Å². The van der Waals surface area contributed by atoms with Gasteiger partial charge >= 0.3 is 0 Å². The predicted molar refractivity (Wildman–Crippen MR) is 89.5 cm³/mol. The van der Waals surface area contributed by atoms with Crippen molar-refractivity contribution in [2.45, 2.75) is 32.9 Å². The first-order valence-electron chi connectivity index (χ1n) is 7.85. The number of carbonyl (C=O) groups is 1. The molecule has 24 heavy (non-hydrogen) atoms. The standard InChI is InChI=1S/C17H20N6O/c1-13-9-19-22(10-13)8-7-17(24)21-14(2)15-3-5-16(6-4-15)23-12-18-11-20-23/h3-6,9-12,14H,7-8H2,1-2H3,(H,21,24)/t14-/m1/s1. The highest BCUT2D eigenvalue weighted by Gasteiger charge is 2.10. The van der Waals surface area contributed by atoms with E-state index >= 15 is 0 Å².